The lowest BCUT2D eigenvalue weighted by atomic mass is 9.99. The molecule has 0 aromatic heterocycles. The van der Waals surface area contributed by atoms with E-state index in [1.54, 1.807) is 31.2 Å². The van der Waals surface area contributed by atoms with Gasteiger partial charge in [0.1, 0.15) is 0 Å². The largest absolute Gasteiger partial charge is 0.352 e. The zero-order valence-corrected chi connectivity index (χ0v) is 19.5. The van der Waals surface area contributed by atoms with Gasteiger partial charge in [0, 0.05) is 12.1 Å². The van der Waals surface area contributed by atoms with Crippen LogP contribution in [0.1, 0.15) is 47.7 Å². The number of nitrogens with zero attached hydrogens (tertiary/aromatic N) is 1. The third kappa shape index (κ3) is 6.31. The first-order chi connectivity index (χ1) is 14.8. The van der Waals surface area contributed by atoms with E-state index in [1.807, 2.05) is 19.1 Å². The number of hydrogen-bond acceptors (Lipinski definition) is 4. The van der Waals surface area contributed by atoms with E-state index in [0.717, 1.165) is 37.5 Å². The predicted molar refractivity (Wildman–Crippen MR) is 125 cm³/mol. The van der Waals surface area contributed by atoms with Crippen LogP contribution < -0.4 is 10.0 Å². The third-order valence-corrected chi connectivity index (χ3v) is 7.45. The van der Waals surface area contributed by atoms with Crippen molar-refractivity contribution in [2.45, 2.75) is 44.9 Å². The van der Waals surface area contributed by atoms with Crippen LogP contribution >= 0.6 is 0 Å². The molecule has 2 aromatic rings. The lowest BCUT2D eigenvalue weighted by molar-refractivity contribution is 0.0950. The summed E-state index contributed by atoms with van der Waals surface area (Å²) in [7, 11) is -3.80. The summed E-state index contributed by atoms with van der Waals surface area (Å²) in [6, 6.07) is 12.0. The van der Waals surface area contributed by atoms with E-state index < -0.39 is 10.0 Å². The van der Waals surface area contributed by atoms with Gasteiger partial charge in [0.25, 0.3) is 15.9 Å². The van der Waals surface area contributed by atoms with E-state index in [-0.39, 0.29) is 10.8 Å². The van der Waals surface area contributed by atoms with Crippen molar-refractivity contribution in [2.75, 3.05) is 30.9 Å². The standard InChI is InChI=1S/C24H33N3O3S/c1-18-11-15-27(16-12-18)14-6-13-25-24(28)21-10-9-20(3)23(17-21)31(29,30)26-22-8-5-4-7-19(22)2/h4-5,7-10,17-18,26H,6,11-16H2,1-3H3,(H,25,28). The quantitative estimate of drug-likeness (QED) is 0.606. The first kappa shape index (κ1) is 23.3. The van der Waals surface area contributed by atoms with Gasteiger partial charge in [-0.2, -0.15) is 0 Å². The molecular formula is C24H33N3O3S. The van der Waals surface area contributed by atoms with Crippen LogP contribution in [0.25, 0.3) is 0 Å². The monoisotopic (exact) mass is 443 g/mol. The number of sulfonamides is 1. The number of benzene rings is 2. The molecule has 1 fully saturated rings. The summed E-state index contributed by atoms with van der Waals surface area (Å²) in [5, 5.41) is 2.92. The van der Waals surface area contributed by atoms with Crippen LogP contribution in [0.4, 0.5) is 5.69 Å². The number of rotatable bonds is 8. The summed E-state index contributed by atoms with van der Waals surface area (Å²) in [5.41, 5.74) is 2.31. The second-order valence-electron chi connectivity index (χ2n) is 8.53. The van der Waals surface area contributed by atoms with E-state index in [2.05, 4.69) is 21.9 Å². The average Bonchev–Trinajstić information content (AvgIpc) is 2.74. The second kappa shape index (κ2) is 10.3. The van der Waals surface area contributed by atoms with Crippen molar-refractivity contribution in [1.82, 2.24) is 10.2 Å². The van der Waals surface area contributed by atoms with Gasteiger partial charge in [0.2, 0.25) is 0 Å². The van der Waals surface area contributed by atoms with E-state index in [1.165, 1.54) is 18.9 Å². The zero-order valence-electron chi connectivity index (χ0n) is 18.6. The Balaban J connectivity index is 1.60. The Morgan fingerprint density at radius 1 is 1.06 bits per heavy atom. The Hall–Kier alpha value is -2.38. The molecule has 1 heterocycles. The minimum atomic E-state index is -3.80. The van der Waals surface area contributed by atoms with E-state index in [0.29, 0.717) is 23.4 Å². The Bertz CT molecular complexity index is 1010. The number of aryl methyl sites for hydroxylation is 2. The van der Waals surface area contributed by atoms with Gasteiger partial charge in [0.15, 0.2) is 0 Å². The molecule has 2 aromatic carbocycles. The van der Waals surface area contributed by atoms with Gasteiger partial charge in [-0.3, -0.25) is 9.52 Å². The maximum absolute atomic E-state index is 13.0. The molecule has 0 saturated carbocycles. The fourth-order valence-electron chi connectivity index (χ4n) is 3.81. The second-order valence-corrected chi connectivity index (χ2v) is 10.2. The fraction of sp³-hybridized carbons (Fsp3) is 0.458. The molecule has 0 aliphatic carbocycles. The summed E-state index contributed by atoms with van der Waals surface area (Å²) >= 11 is 0. The number of piperidine rings is 1. The molecule has 31 heavy (non-hydrogen) atoms. The molecule has 1 aliphatic heterocycles. The van der Waals surface area contributed by atoms with Crippen molar-refractivity contribution in [2.24, 2.45) is 5.92 Å². The van der Waals surface area contributed by atoms with Crippen LogP contribution in [-0.2, 0) is 10.0 Å². The summed E-state index contributed by atoms with van der Waals surface area (Å²) < 4.78 is 28.6. The van der Waals surface area contributed by atoms with Crippen LogP contribution in [0, 0.1) is 19.8 Å². The Morgan fingerprint density at radius 2 is 1.77 bits per heavy atom. The smallest absolute Gasteiger partial charge is 0.262 e. The Labute approximate surface area is 186 Å². The molecule has 0 radical (unpaired) electrons. The molecular weight excluding hydrogens is 410 g/mol. The highest BCUT2D eigenvalue weighted by Crippen LogP contribution is 2.23. The third-order valence-electron chi connectivity index (χ3n) is 5.94. The number of amides is 1. The van der Waals surface area contributed by atoms with Crippen molar-refractivity contribution in [3.8, 4) is 0 Å². The normalized spacial score (nSPS) is 15.6. The number of carbonyl (C=O) groups is 1. The lowest BCUT2D eigenvalue weighted by Gasteiger charge is -2.30. The molecule has 1 saturated heterocycles. The number of nitrogens with one attached hydrogen (secondary N) is 2. The highest BCUT2D eigenvalue weighted by Gasteiger charge is 2.20. The number of hydrogen-bond donors (Lipinski definition) is 2. The summed E-state index contributed by atoms with van der Waals surface area (Å²) in [4.78, 5) is 15.2. The zero-order chi connectivity index (χ0) is 22.4. The molecule has 1 amide bonds. The van der Waals surface area contributed by atoms with Crippen molar-refractivity contribution < 1.29 is 13.2 Å². The van der Waals surface area contributed by atoms with E-state index in [9.17, 15) is 13.2 Å². The number of anilines is 1. The molecule has 1 aliphatic rings. The van der Waals surface area contributed by atoms with Gasteiger partial charge in [-0.05, 0) is 88.0 Å². The van der Waals surface area contributed by atoms with Crippen LogP contribution in [0.5, 0.6) is 0 Å². The molecule has 6 nitrogen and oxygen atoms in total. The van der Waals surface area contributed by atoms with Gasteiger partial charge in [-0.1, -0.05) is 31.2 Å². The maximum atomic E-state index is 13.0. The molecule has 168 valence electrons. The topological polar surface area (TPSA) is 78.5 Å². The van der Waals surface area contributed by atoms with Gasteiger partial charge in [0.05, 0.1) is 10.6 Å². The highest BCUT2D eigenvalue weighted by molar-refractivity contribution is 7.92. The van der Waals surface area contributed by atoms with Crippen LogP contribution in [0.15, 0.2) is 47.4 Å². The molecule has 0 spiro atoms. The molecule has 3 rings (SSSR count). The SMILES string of the molecule is Cc1ccccc1NS(=O)(=O)c1cc(C(=O)NCCCN2CCC(C)CC2)ccc1C. The minimum Gasteiger partial charge on any atom is -0.352 e. The van der Waals surface area contributed by atoms with Gasteiger partial charge in [-0.25, -0.2) is 8.42 Å². The Kier molecular flexibility index (Phi) is 7.73. The number of likely N-dealkylation sites (tertiary alicyclic amines) is 1. The lowest BCUT2D eigenvalue weighted by Crippen LogP contribution is -2.35. The van der Waals surface area contributed by atoms with Gasteiger partial charge in [-0.15, -0.1) is 0 Å². The van der Waals surface area contributed by atoms with Crippen molar-refractivity contribution in [3.05, 3.63) is 59.2 Å². The number of carbonyl (C=O) groups excluding carboxylic acids is 1. The van der Waals surface area contributed by atoms with Crippen molar-refractivity contribution in [3.63, 3.8) is 0 Å². The summed E-state index contributed by atoms with van der Waals surface area (Å²) in [6.45, 7) is 9.67. The van der Waals surface area contributed by atoms with Crippen molar-refractivity contribution in [1.29, 1.82) is 0 Å². The van der Waals surface area contributed by atoms with Crippen molar-refractivity contribution >= 4 is 21.6 Å². The van der Waals surface area contributed by atoms with Crippen LogP contribution in [0.2, 0.25) is 0 Å². The molecule has 7 heteroatoms. The average molecular weight is 444 g/mol. The van der Waals surface area contributed by atoms with E-state index in [4.69, 9.17) is 0 Å². The molecule has 0 atom stereocenters. The molecule has 2 N–H and O–H groups in total. The fourth-order valence-corrected chi connectivity index (χ4v) is 5.21. The minimum absolute atomic E-state index is 0.117. The first-order valence-electron chi connectivity index (χ1n) is 11.0. The first-order valence-corrected chi connectivity index (χ1v) is 12.4. The molecule has 0 bridgehead atoms. The molecule has 0 unspecified atom stereocenters. The highest BCUT2D eigenvalue weighted by atomic mass is 32.2. The maximum Gasteiger partial charge on any atom is 0.262 e. The predicted octanol–water partition coefficient (Wildman–Crippen LogP) is 3.96. The van der Waals surface area contributed by atoms with E-state index >= 15 is 0 Å². The Morgan fingerprint density at radius 3 is 2.48 bits per heavy atom. The van der Waals surface area contributed by atoms with Gasteiger partial charge >= 0.3 is 0 Å². The van der Waals surface area contributed by atoms with Crippen LogP contribution in [0.3, 0.4) is 0 Å². The van der Waals surface area contributed by atoms with Gasteiger partial charge < -0.3 is 10.2 Å². The summed E-state index contributed by atoms with van der Waals surface area (Å²) in [5.74, 6) is 0.558. The number of para-hydroxylation sites is 1. The van der Waals surface area contributed by atoms with Crippen LogP contribution in [-0.4, -0.2) is 45.4 Å². The summed E-state index contributed by atoms with van der Waals surface area (Å²) in [6.07, 6.45) is 3.36.